The highest BCUT2D eigenvalue weighted by Gasteiger charge is 2.31. The highest BCUT2D eigenvalue weighted by Crippen LogP contribution is 2.26. The van der Waals surface area contributed by atoms with Gasteiger partial charge in [0.2, 0.25) is 21.8 Å². The molecule has 0 radical (unpaired) electrons. The van der Waals surface area contributed by atoms with Gasteiger partial charge in [0, 0.05) is 32.7 Å². The number of aryl methyl sites for hydroxylation is 1. The lowest BCUT2D eigenvalue weighted by Gasteiger charge is -2.32. The van der Waals surface area contributed by atoms with E-state index < -0.39 is 16.1 Å². The highest BCUT2D eigenvalue weighted by atomic mass is 32.2. The molecule has 3 aromatic carbocycles. The molecule has 43 heavy (non-hydrogen) atoms. The first-order valence-corrected chi connectivity index (χ1v) is 16.1. The van der Waals surface area contributed by atoms with Crippen molar-refractivity contribution in [1.82, 2.24) is 14.9 Å². The van der Waals surface area contributed by atoms with Crippen molar-refractivity contribution in [3.63, 3.8) is 0 Å². The molecule has 0 fully saturated rings. The van der Waals surface area contributed by atoms with Gasteiger partial charge in [-0.05, 0) is 67.6 Å². The minimum Gasteiger partial charge on any atom is -0.497 e. The fourth-order valence-corrected chi connectivity index (χ4v) is 5.60. The summed E-state index contributed by atoms with van der Waals surface area (Å²) >= 11 is 0. The number of amides is 2. The van der Waals surface area contributed by atoms with Crippen molar-refractivity contribution in [1.29, 1.82) is 0 Å². The topological polar surface area (TPSA) is 114 Å². The quantitative estimate of drug-likeness (QED) is 0.216. The van der Waals surface area contributed by atoms with Crippen LogP contribution in [0.5, 0.6) is 5.75 Å². The van der Waals surface area contributed by atoms with Crippen LogP contribution in [0.4, 0.5) is 0 Å². The number of nitrogens with one attached hydrogen (secondary N) is 2. The molecule has 9 nitrogen and oxygen atoms in total. The number of benzene rings is 3. The number of hydrogen-bond acceptors (Lipinski definition) is 6. The summed E-state index contributed by atoms with van der Waals surface area (Å²) in [6.45, 7) is 7.11. The zero-order chi connectivity index (χ0) is 31.2. The second-order valence-electron chi connectivity index (χ2n) is 10.4. The van der Waals surface area contributed by atoms with Crippen molar-refractivity contribution in [3.05, 3.63) is 95.6 Å². The maximum atomic E-state index is 13.9. The number of methoxy groups -OCH3 is 1. The first kappa shape index (κ1) is 33.8. The lowest BCUT2D eigenvalue weighted by molar-refractivity contribution is -0.141. The third-order valence-electron chi connectivity index (χ3n) is 6.77. The molecule has 1 unspecified atom stereocenters. The van der Waals surface area contributed by atoms with Crippen LogP contribution >= 0.6 is 0 Å². The summed E-state index contributed by atoms with van der Waals surface area (Å²) in [7, 11) is -1.97. The molecule has 1 atom stereocenters. The molecule has 0 aliphatic heterocycles. The predicted molar refractivity (Wildman–Crippen MR) is 167 cm³/mol. The van der Waals surface area contributed by atoms with E-state index in [1.54, 1.807) is 31.1 Å². The van der Waals surface area contributed by atoms with E-state index in [0.29, 0.717) is 43.9 Å². The summed E-state index contributed by atoms with van der Waals surface area (Å²) in [5, 5.41) is 3.00. The Kier molecular flexibility index (Phi) is 13.2. The lowest BCUT2D eigenvalue weighted by atomic mass is 10.0. The van der Waals surface area contributed by atoms with Gasteiger partial charge in [0.15, 0.2) is 0 Å². The molecule has 3 aromatic rings. The van der Waals surface area contributed by atoms with Crippen molar-refractivity contribution in [2.75, 3.05) is 26.8 Å². The Balaban J connectivity index is 1.85. The molecule has 0 heterocycles. The van der Waals surface area contributed by atoms with E-state index >= 15 is 0 Å². The first-order chi connectivity index (χ1) is 20.6. The lowest BCUT2D eigenvalue weighted by Crippen LogP contribution is -2.44. The standard InChI is InChI=1S/C33H43N3O6S/c1-5-35-43(39,40)30-19-14-26(15-20-30)16-21-31(37)36(24-27-12-17-29(41-4)18-13-27)32(28-10-7-6-8-11-28)33(38)34-22-9-23-42-25(2)3/h6-8,10-15,17-20,25,32,35H,5,9,16,21-24H2,1-4H3,(H,34,38). The molecule has 0 bridgehead atoms. The fourth-order valence-electron chi connectivity index (χ4n) is 4.56. The van der Waals surface area contributed by atoms with Gasteiger partial charge in [0.1, 0.15) is 11.8 Å². The molecule has 232 valence electrons. The van der Waals surface area contributed by atoms with Gasteiger partial charge < -0.3 is 19.7 Å². The fraction of sp³-hybridized carbons (Fsp3) is 0.394. The summed E-state index contributed by atoms with van der Waals surface area (Å²) in [5.74, 6) is 0.227. The van der Waals surface area contributed by atoms with Crippen molar-refractivity contribution in [2.24, 2.45) is 0 Å². The van der Waals surface area contributed by atoms with Gasteiger partial charge in [-0.3, -0.25) is 9.59 Å². The summed E-state index contributed by atoms with van der Waals surface area (Å²) in [6.07, 6.45) is 1.28. The van der Waals surface area contributed by atoms with Crippen LogP contribution in [0.25, 0.3) is 0 Å². The van der Waals surface area contributed by atoms with Gasteiger partial charge in [-0.1, -0.05) is 61.5 Å². The molecule has 3 rings (SSSR count). The van der Waals surface area contributed by atoms with E-state index in [1.807, 2.05) is 68.4 Å². The number of hydrogen-bond donors (Lipinski definition) is 2. The van der Waals surface area contributed by atoms with Crippen LogP contribution in [0.3, 0.4) is 0 Å². The number of carbonyl (C=O) groups is 2. The first-order valence-electron chi connectivity index (χ1n) is 14.6. The molecular weight excluding hydrogens is 566 g/mol. The monoisotopic (exact) mass is 609 g/mol. The average molecular weight is 610 g/mol. The smallest absolute Gasteiger partial charge is 0.247 e. The number of rotatable bonds is 17. The van der Waals surface area contributed by atoms with Crippen LogP contribution in [0, 0.1) is 0 Å². The molecular formula is C33H43N3O6S. The van der Waals surface area contributed by atoms with E-state index in [-0.39, 0.29) is 35.8 Å². The Labute approximate surface area is 255 Å². The largest absolute Gasteiger partial charge is 0.497 e. The molecule has 2 amide bonds. The minimum absolute atomic E-state index is 0.110. The number of carbonyl (C=O) groups excluding carboxylic acids is 2. The predicted octanol–water partition coefficient (Wildman–Crippen LogP) is 4.63. The van der Waals surface area contributed by atoms with Crippen LogP contribution in [-0.4, -0.2) is 58.0 Å². The van der Waals surface area contributed by atoms with Crippen LogP contribution in [0.2, 0.25) is 0 Å². The molecule has 10 heteroatoms. The average Bonchev–Trinajstić information content (AvgIpc) is 3.00. The van der Waals surface area contributed by atoms with Gasteiger partial charge in [-0.2, -0.15) is 0 Å². The van der Waals surface area contributed by atoms with Crippen LogP contribution in [0.15, 0.2) is 83.8 Å². The van der Waals surface area contributed by atoms with Crippen molar-refractivity contribution in [3.8, 4) is 5.75 Å². The van der Waals surface area contributed by atoms with Gasteiger partial charge in [-0.15, -0.1) is 0 Å². The van der Waals surface area contributed by atoms with Crippen molar-refractivity contribution in [2.45, 2.75) is 63.6 Å². The number of nitrogens with zero attached hydrogens (tertiary/aromatic N) is 1. The van der Waals surface area contributed by atoms with Crippen LogP contribution in [0.1, 0.15) is 56.3 Å². The summed E-state index contributed by atoms with van der Waals surface area (Å²) in [5.41, 5.74) is 2.38. The maximum Gasteiger partial charge on any atom is 0.247 e. The summed E-state index contributed by atoms with van der Waals surface area (Å²) < 4.78 is 38.0. The van der Waals surface area contributed by atoms with Crippen LogP contribution < -0.4 is 14.8 Å². The van der Waals surface area contributed by atoms with E-state index in [9.17, 15) is 18.0 Å². The molecule has 0 spiro atoms. The van der Waals surface area contributed by atoms with Crippen LogP contribution in [-0.2, 0) is 37.3 Å². The van der Waals surface area contributed by atoms with Crippen molar-refractivity contribution < 1.29 is 27.5 Å². The summed E-state index contributed by atoms with van der Waals surface area (Å²) in [6, 6.07) is 22.3. The summed E-state index contributed by atoms with van der Waals surface area (Å²) in [4.78, 5) is 29.4. The normalized spacial score (nSPS) is 12.1. The van der Waals surface area contributed by atoms with E-state index in [2.05, 4.69) is 10.0 Å². The Bertz CT molecular complexity index is 1390. The Morgan fingerprint density at radius 2 is 1.56 bits per heavy atom. The van der Waals surface area contributed by atoms with Gasteiger partial charge >= 0.3 is 0 Å². The van der Waals surface area contributed by atoms with Gasteiger partial charge in [0.05, 0.1) is 18.1 Å². The molecule has 0 aliphatic rings. The zero-order valence-electron chi connectivity index (χ0n) is 25.4. The zero-order valence-corrected chi connectivity index (χ0v) is 26.2. The number of ether oxygens (including phenoxy) is 2. The number of sulfonamides is 1. The second-order valence-corrected chi connectivity index (χ2v) is 12.2. The van der Waals surface area contributed by atoms with Crippen molar-refractivity contribution >= 4 is 21.8 Å². The van der Waals surface area contributed by atoms with E-state index in [0.717, 1.165) is 11.1 Å². The van der Waals surface area contributed by atoms with E-state index in [1.165, 1.54) is 12.1 Å². The SMILES string of the molecule is CCNS(=O)(=O)c1ccc(CCC(=O)N(Cc2ccc(OC)cc2)C(C(=O)NCCCOC(C)C)c2ccccc2)cc1. The molecule has 2 N–H and O–H groups in total. The molecule has 0 saturated heterocycles. The molecule has 0 aromatic heterocycles. The highest BCUT2D eigenvalue weighted by molar-refractivity contribution is 7.89. The third-order valence-corrected chi connectivity index (χ3v) is 8.34. The van der Waals surface area contributed by atoms with Gasteiger partial charge in [-0.25, -0.2) is 13.1 Å². The Morgan fingerprint density at radius 3 is 2.16 bits per heavy atom. The minimum atomic E-state index is -3.57. The maximum absolute atomic E-state index is 13.9. The Hall–Kier alpha value is -3.73. The van der Waals surface area contributed by atoms with Gasteiger partial charge in [0.25, 0.3) is 0 Å². The third kappa shape index (κ3) is 10.5. The molecule has 0 aliphatic carbocycles. The van der Waals surface area contributed by atoms with E-state index in [4.69, 9.17) is 9.47 Å². The second kappa shape index (κ2) is 16.8. The molecule has 0 saturated carbocycles. The Morgan fingerprint density at radius 1 is 0.907 bits per heavy atom.